The van der Waals surface area contributed by atoms with Gasteiger partial charge in [0.2, 0.25) is 0 Å². The molecule has 84 valence electrons. The third-order valence-electron chi connectivity index (χ3n) is 2.46. The second kappa shape index (κ2) is 9.00. The van der Waals surface area contributed by atoms with Gasteiger partial charge in [-0.25, -0.2) is 0 Å². The number of carbonyl (C=O) groups is 1. The molecule has 0 bridgehead atoms. The molecule has 14 heavy (non-hydrogen) atoms. The molecule has 0 amide bonds. The normalized spacial score (nSPS) is 17.0. The Hall–Kier alpha value is -0.570. The van der Waals surface area contributed by atoms with E-state index >= 15 is 0 Å². The molecule has 0 radical (unpaired) electrons. The van der Waals surface area contributed by atoms with Crippen LogP contribution in [-0.2, 0) is 4.79 Å². The number of piperidine rings is 1. The molecule has 1 aliphatic rings. The average Bonchev–Trinajstić information content (AvgIpc) is 2.22. The molecule has 0 aliphatic carbocycles. The molecule has 0 spiro atoms. The second-order valence-electron chi connectivity index (χ2n) is 3.48. The van der Waals surface area contributed by atoms with Crippen molar-refractivity contribution in [2.24, 2.45) is 5.92 Å². The molecule has 0 unspecified atom stereocenters. The summed E-state index contributed by atoms with van der Waals surface area (Å²) in [5, 5.41) is 11.7. The zero-order valence-corrected chi connectivity index (χ0v) is 9.38. The lowest BCUT2D eigenvalue weighted by molar-refractivity contribution is -0.137. The summed E-state index contributed by atoms with van der Waals surface area (Å²) < 4.78 is 0. The number of carboxylic acid groups (broad SMARTS) is 1. The minimum Gasteiger partial charge on any atom is -0.481 e. The summed E-state index contributed by atoms with van der Waals surface area (Å²) in [4.78, 5) is 10.2. The Balaban J connectivity index is 0.000000791. The van der Waals surface area contributed by atoms with Crippen molar-refractivity contribution >= 4 is 5.97 Å². The van der Waals surface area contributed by atoms with Crippen LogP contribution in [0.5, 0.6) is 0 Å². The van der Waals surface area contributed by atoms with Crippen LogP contribution >= 0.6 is 0 Å². The van der Waals surface area contributed by atoms with E-state index in [0.29, 0.717) is 6.42 Å². The van der Waals surface area contributed by atoms with E-state index in [1.54, 1.807) is 0 Å². The number of carboxylic acids is 1. The van der Waals surface area contributed by atoms with E-state index in [4.69, 9.17) is 5.11 Å². The molecule has 1 saturated heterocycles. The Morgan fingerprint density at radius 1 is 1.36 bits per heavy atom. The third-order valence-corrected chi connectivity index (χ3v) is 2.46. The third kappa shape index (κ3) is 6.89. The maximum absolute atomic E-state index is 10.2. The summed E-state index contributed by atoms with van der Waals surface area (Å²) in [5.74, 6) is 0.106. The number of hydrogen-bond acceptors (Lipinski definition) is 2. The fourth-order valence-corrected chi connectivity index (χ4v) is 1.71. The van der Waals surface area contributed by atoms with Gasteiger partial charge in [0.25, 0.3) is 0 Å². The Bertz CT molecular complexity index is 142. The molecule has 0 aromatic rings. The molecule has 0 aromatic carbocycles. The molecular weight excluding hydrogens is 178 g/mol. The lowest BCUT2D eigenvalue weighted by atomic mass is 9.93. The molecule has 3 heteroatoms. The van der Waals surface area contributed by atoms with E-state index in [-0.39, 0.29) is 0 Å². The van der Waals surface area contributed by atoms with Crippen LogP contribution in [0.15, 0.2) is 0 Å². The summed E-state index contributed by atoms with van der Waals surface area (Å²) in [6.07, 6.45) is 4.72. The van der Waals surface area contributed by atoms with Gasteiger partial charge >= 0.3 is 5.97 Å². The molecule has 1 heterocycles. The number of rotatable bonds is 4. The first-order chi connectivity index (χ1) is 6.79. The van der Waals surface area contributed by atoms with Gasteiger partial charge in [0, 0.05) is 6.42 Å². The van der Waals surface area contributed by atoms with Gasteiger partial charge in [-0.05, 0) is 44.7 Å². The summed E-state index contributed by atoms with van der Waals surface area (Å²) in [7, 11) is 0. The number of hydrogen-bond donors (Lipinski definition) is 2. The average molecular weight is 201 g/mol. The standard InChI is InChI=1S/C9H17NO2.C2H6/c11-9(12)3-1-2-8-4-6-10-7-5-8;1-2/h8,10H,1-7H2,(H,11,12);1-2H3. The van der Waals surface area contributed by atoms with Gasteiger partial charge < -0.3 is 10.4 Å². The van der Waals surface area contributed by atoms with Gasteiger partial charge in [0.15, 0.2) is 0 Å². The molecule has 1 fully saturated rings. The van der Waals surface area contributed by atoms with E-state index in [2.05, 4.69) is 5.32 Å². The van der Waals surface area contributed by atoms with Gasteiger partial charge in [-0.15, -0.1) is 0 Å². The maximum Gasteiger partial charge on any atom is 0.303 e. The van der Waals surface area contributed by atoms with E-state index in [1.165, 1.54) is 12.8 Å². The Kier molecular flexibility index (Phi) is 8.64. The van der Waals surface area contributed by atoms with Crippen LogP contribution in [0.1, 0.15) is 46.0 Å². The molecule has 0 atom stereocenters. The van der Waals surface area contributed by atoms with Crippen LogP contribution in [0.4, 0.5) is 0 Å². The van der Waals surface area contributed by atoms with E-state index in [9.17, 15) is 4.79 Å². The van der Waals surface area contributed by atoms with Crippen LogP contribution in [0.2, 0.25) is 0 Å². The van der Waals surface area contributed by atoms with Gasteiger partial charge in [-0.1, -0.05) is 13.8 Å². The van der Waals surface area contributed by atoms with Crippen LogP contribution in [0, 0.1) is 5.92 Å². The zero-order valence-electron chi connectivity index (χ0n) is 9.38. The summed E-state index contributed by atoms with van der Waals surface area (Å²) in [5.41, 5.74) is 0. The highest BCUT2D eigenvalue weighted by Gasteiger charge is 2.12. The highest BCUT2D eigenvalue weighted by Crippen LogP contribution is 2.18. The van der Waals surface area contributed by atoms with Crippen molar-refractivity contribution in [1.82, 2.24) is 5.32 Å². The second-order valence-corrected chi connectivity index (χ2v) is 3.48. The molecule has 1 aliphatic heterocycles. The fourth-order valence-electron chi connectivity index (χ4n) is 1.71. The Morgan fingerprint density at radius 2 is 1.93 bits per heavy atom. The summed E-state index contributed by atoms with van der Waals surface area (Å²) in [6.45, 7) is 6.22. The smallest absolute Gasteiger partial charge is 0.303 e. The minimum atomic E-state index is -0.663. The fraction of sp³-hybridized carbons (Fsp3) is 0.909. The van der Waals surface area contributed by atoms with Crippen molar-refractivity contribution in [3.8, 4) is 0 Å². The Morgan fingerprint density at radius 3 is 2.43 bits per heavy atom. The van der Waals surface area contributed by atoms with Gasteiger partial charge in [0.05, 0.1) is 0 Å². The molecule has 3 nitrogen and oxygen atoms in total. The molecule has 0 aromatic heterocycles. The first kappa shape index (κ1) is 13.4. The van der Waals surface area contributed by atoms with Crippen molar-refractivity contribution in [3.63, 3.8) is 0 Å². The number of nitrogens with one attached hydrogen (secondary N) is 1. The van der Waals surface area contributed by atoms with Crippen molar-refractivity contribution in [2.75, 3.05) is 13.1 Å². The van der Waals surface area contributed by atoms with E-state index in [1.807, 2.05) is 13.8 Å². The van der Waals surface area contributed by atoms with Crippen LogP contribution in [-0.4, -0.2) is 24.2 Å². The summed E-state index contributed by atoms with van der Waals surface area (Å²) >= 11 is 0. The van der Waals surface area contributed by atoms with Crippen molar-refractivity contribution in [2.45, 2.75) is 46.0 Å². The molecule has 1 rings (SSSR count). The SMILES string of the molecule is CC.O=C(O)CCCC1CCNCC1. The van der Waals surface area contributed by atoms with Crippen LogP contribution in [0.25, 0.3) is 0 Å². The maximum atomic E-state index is 10.2. The number of aliphatic carboxylic acids is 1. The van der Waals surface area contributed by atoms with Gasteiger partial charge in [-0.2, -0.15) is 0 Å². The van der Waals surface area contributed by atoms with Crippen LogP contribution in [0.3, 0.4) is 0 Å². The lowest BCUT2D eigenvalue weighted by Crippen LogP contribution is -2.27. The lowest BCUT2D eigenvalue weighted by Gasteiger charge is -2.21. The highest BCUT2D eigenvalue weighted by atomic mass is 16.4. The van der Waals surface area contributed by atoms with Crippen molar-refractivity contribution < 1.29 is 9.90 Å². The zero-order chi connectivity index (χ0) is 10.8. The minimum absolute atomic E-state index is 0.337. The summed E-state index contributed by atoms with van der Waals surface area (Å²) in [6, 6.07) is 0. The first-order valence-corrected chi connectivity index (χ1v) is 5.71. The predicted molar refractivity (Wildman–Crippen MR) is 58.4 cm³/mol. The van der Waals surface area contributed by atoms with Crippen LogP contribution < -0.4 is 5.32 Å². The van der Waals surface area contributed by atoms with Crippen molar-refractivity contribution in [3.05, 3.63) is 0 Å². The highest BCUT2D eigenvalue weighted by molar-refractivity contribution is 5.66. The molecule has 2 N–H and O–H groups in total. The quantitative estimate of drug-likeness (QED) is 0.733. The van der Waals surface area contributed by atoms with Gasteiger partial charge in [-0.3, -0.25) is 4.79 Å². The largest absolute Gasteiger partial charge is 0.481 e. The van der Waals surface area contributed by atoms with Gasteiger partial charge in [0.1, 0.15) is 0 Å². The van der Waals surface area contributed by atoms with Crippen molar-refractivity contribution in [1.29, 1.82) is 0 Å². The topological polar surface area (TPSA) is 49.3 Å². The monoisotopic (exact) mass is 201 g/mol. The predicted octanol–water partition coefficient (Wildman–Crippen LogP) is 2.27. The molecule has 0 saturated carbocycles. The Labute approximate surface area is 86.9 Å². The van der Waals surface area contributed by atoms with E-state index in [0.717, 1.165) is 31.8 Å². The molecular formula is C11H23NO2. The first-order valence-electron chi connectivity index (χ1n) is 5.71. The van der Waals surface area contributed by atoms with E-state index < -0.39 is 5.97 Å².